The third-order valence-corrected chi connectivity index (χ3v) is 3.97. The van der Waals surface area contributed by atoms with Crippen LogP contribution in [0.3, 0.4) is 0 Å². The van der Waals surface area contributed by atoms with E-state index in [0.29, 0.717) is 11.3 Å². The van der Waals surface area contributed by atoms with Gasteiger partial charge in [-0.1, -0.05) is 18.5 Å². The van der Waals surface area contributed by atoms with Crippen LogP contribution in [0.1, 0.15) is 41.0 Å². The third kappa shape index (κ3) is 3.99. The van der Waals surface area contributed by atoms with E-state index in [1.807, 2.05) is 26.0 Å². The summed E-state index contributed by atoms with van der Waals surface area (Å²) in [5, 5.41) is 4.54. The van der Waals surface area contributed by atoms with Gasteiger partial charge in [0.2, 0.25) is 5.82 Å². The van der Waals surface area contributed by atoms with Crippen LogP contribution in [0.2, 0.25) is 0 Å². The lowest BCUT2D eigenvalue weighted by molar-refractivity contribution is 0.0779. The van der Waals surface area contributed by atoms with Crippen LogP contribution >= 0.6 is 0 Å². The SMILES string of the molecule is CCCc1cc(=O)oc2cc(C)cc(OCc3noc(C(=O)N(C)C)n3)c12. The number of amides is 1. The van der Waals surface area contributed by atoms with Crippen molar-refractivity contribution in [3.63, 3.8) is 0 Å². The summed E-state index contributed by atoms with van der Waals surface area (Å²) < 4.78 is 16.2. The molecule has 0 radical (unpaired) electrons. The summed E-state index contributed by atoms with van der Waals surface area (Å²) in [4.78, 5) is 29.1. The molecule has 0 bridgehead atoms. The van der Waals surface area contributed by atoms with Gasteiger partial charge in [0, 0.05) is 20.2 Å². The number of nitrogens with zero attached hydrogens (tertiary/aromatic N) is 3. The second kappa shape index (κ2) is 7.61. The summed E-state index contributed by atoms with van der Waals surface area (Å²) in [5.74, 6) is 0.360. The van der Waals surface area contributed by atoms with E-state index in [-0.39, 0.29) is 29.9 Å². The van der Waals surface area contributed by atoms with Crippen LogP contribution in [0.4, 0.5) is 0 Å². The molecule has 0 atom stereocenters. The lowest BCUT2D eigenvalue weighted by Crippen LogP contribution is -2.22. The van der Waals surface area contributed by atoms with E-state index in [4.69, 9.17) is 13.7 Å². The molecule has 0 aliphatic carbocycles. The maximum absolute atomic E-state index is 11.8. The molecule has 2 aromatic heterocycles. The molecule has 8 heteroatoms. The van der Waals surface area contributed by atoms with Crippen molar-refractivity contribution in [3.05, 3.63) is 51.5 Å². The summed E-state index contributed by atoms with van der Waals surface area (Å²) in [6, 6.07) is 5.18. The molecule has 1 amide bonds. The van der Waals surface area contributed by atoms with E-state index in [2.05, 4.69) is 10.1 Å². The highest BCUT2D eigenvalue weighted by molar-refractivity contribution is 5.89. The molecule has 0 spiro atoms. The molecule has 142 valence electrons. The highest BCUT2D eigenvalue weighted by Crippen LogP contribution is 2.31. The molecule has 27 heavy (non-hydrogen) atoms. The van der Waals surface area contributed by atoms with Crippen molar-refractivity contribution in [2.45, 2.75) is 33.3 Å². The first-order valence-electron chi connectivity index (χ1n) is 8.63. The number of fused-ring (bicyclic) bond motifs is 1. The van der Waals surface area contributed by atoms with Gasteiger partial charge in [-0.2, -0.15) is 4.98 Å². The third-order valence-electron chi connectivity index (χ3n) is 3.97. The molecule has 0 fully saturated rings. The van der Waals surface area contributed by atoms with Gasteiger partial charge in [-0.25, -0.2) is 4.79 Å². The van der Waals surface area contributed by atoms with Crippen molar-refractivity contribution in [2.24, 2.45) is 0 Å². The fourth-order valence-electron chi connectivity index (χ4n) is 2.78. The number of hydrogen-bond donors (Lipinski definition) is 0. The zero-order valence-electron chi connectivity index (χ0n) is 15.7. The maximum Gasteiger partial charge on any atom is 0.336 e. The predicted molar refractivity (Wildman–Crippen MR) is 97.9 cm³/mol. The number of rotatable bonds is 6. The Bertz CT molecular complexity index is 1040. The summed E-state index contributed by atoms with van der Waals surface area (Å²) in [7, 11) is 3.20. The topological polar surface area (TPSA) is 98.7 Å². The Morgan fingerprint density at radius 3 is 2.74 bits per heavy atom. The summed E-state index contributed by atoms with van der Waals surface area (Å²) in [5.41, 5.74) is 1.87. The molecule has 3 rings (SSSR count). The van der Waals surface area contributed by atoms with Crippen molar-refractivity contribution in [3.8, 4) is 5.75 Å². The Morgan fingerprint density at radius 1 is 1.26 bits per heavy atom. The van der Waals surface area contributed by atoms with Crippen LogP contribution in [0.5, 0.6) is 5.75 Å². The van der Waals surface area contributed by atoms with E-state index in [0.717, 1.165) is 29.4 Å². The molecule has 1 aromatic carbocycles. The molecule has 0 aliphatic heterocycles. The lowest BCUT2D eigenvalue weighted by atomic mass is 10.0. The van der Waals surface area contributed by atoms with Crippen molar-refractivity contribution in [2.75, 3.05) is 14.1 Å². The average molecular weight is 371 g/mol. The van der Waals surface area contributed by atoms with Crippen LogP contribution < -0.4 is 10.4 Å². The lowest BCUT2D eigenvalue weighted by Gasteiger charge is -2.12. The minimum absolute atomic E-state index is 0.0213. The number of hydrogen-bond acceptors (Lipinski definition) is 7. The number of ether oxygens (including phenoxy) is 1. The molecule has 0 N–H and O–H groups in total. The van der Waals surface area contributed by atoms with Gasteiger partial charge in [0.05, 0.1) is 5.39 Å². The van der Waals surface area contributed by atoms with E-state index >= 15 is 0 Å². The fourth-order valence-corrected chi connectivity index (χ4v) is 2.78. The molecule has 0 saturated carbocycles. The monoisotopic (exact) mass is 371 g/mol. The van der Waals surface area contributed by atoms with Gasteiger partial charge in [-0.3, -0.25) is 4.79 Å². The molecule has 0 aliphatic rings. The van der Waals surface area contributed by atoms with Crippen LogP contribution in [0.25, 0.3) is 11.0 Å². The highest BCUT2D eigenvalue weighted by atomic mass is 16.5. The van der Waals surface area contributed by atoms with Gasteiger partial charge in [-0.15, -0.1) is 0 Å². The van der Waals surface area contributed by atoms with Gasteiger partial charge >= 0.3 is 17.4 Å². The summed E-state index contributed by atoms with van der Waals surface area (Å²) in [6.07, 6.45) is 1.61. The van der Waals surface area contributed by atoms with Crippen molar-refractivity contribution >= 4 is 16.9 Å². The van der Waals surface area contributed by atoms with Crippen LogP contribution in [0, 0.1) is 6.92 Å². The maximum atomic E-state index is 11.8. The number of benzene rings is 1. The highest BCUT2D eigenvalue weighted by Gasteiger charge is 2.18. The number of carbonyl (C=O) groups is 1. The summed E-state index contributed by atoms with van der Waals surface area (Å²) in [6.45, 7) is 3.95. The van der Waals surface area contributed by atoms with Gasteiger partial charge in [0.25, 0.3) is 0 Å². The van der Waals surface area contributed by atoms with Crippen LogP contribution in [-0.4, -0.2) is 35.0 Å². The van der Waals surface area contributed by atoms with Crippen LogP contribution in [0.15, 0.2) is 31.9 Å². The number of aromatic nitrogens is 2. The molecule has 3 aromatic rings. The first-order chi connectivity index (χ1) is 12.9. The zero-order valence-corrected chi connectivity index (χ0v) is 15.7. The standard InChI is InChI=1S/C19H21N3O5/c1-5-6-12-9-16(23)26-14-8-11(2)7-13(17(12)14)25-10-15-20-18(27-21-15)19(24)22(3)4/h7-9H,5-6,10H2,1-4H3. The Labute approximate surface area is 155 Å². The largest absolute Gasteiger partial charge is 0.485 e. The Kier molecular flexibility index (Phi) is 5.25. The van der Waals surface area contributed by atoms with Gasteiger partial charge in [-0.05, 0) is 36.6 Å². The number of carbonyl (C=O) groups excluding carboxylic acids is 1. The van der Waals surface area contributed by atoms with Crippen molar-refractivity contribution in [1.82, 2.24) is 15.0 Å². The van der Waals surface area contributed by atoms with E-state index < -0.39 is 0 Å². The molecule has 0 unspecified atom stereocenters. The van der Waals surface area contributed by atoms with Crippen molar-refractivity contribution < 1.29 is 18.5 Å². The number of aryl methyl sites for hydroxylation is 2. The quantitative estimate of drug-likeness (QED) is 0.614. The minimum atomic E-state index is -0.382. The second-order valence-corrected chi connectivity index (χ2v) is 6.48. The Morgan fingerprint density at radius 2 is 2.04 bits per heavy atom. The summed E-state index contributed by atoms with van der Waals surface area (Å²) >= 11 is 0. The molecular formula is C19H21N3O5. The molecular weight excluding hydrogens is 350 g/mol. The van der Waals surface area contributed by atoms with Crippen molar-refractivity contribution in [1.29, 1.82) is 0 Å². The average Bonchev–Trinajstić information content (AvgIpc) is 3.07. The smallest absolute Gasteiger partial charge is 0.336 e. The first kappa shape index (κ1) is 18.6. The van der Waals surface area contributed by atoms with Gasteiger partial charge in [0.15, 0.2) is 6.61 Å². The first-order valence-corrected chi connectivity index (χ1v) is 8.63. The van der Waals surface area contributed by atoms with Crippen LogP contribution in [-0.2, 0) is 13.0 Å². The minimum Gasteiger partial charge on any atom is -0.485 e. The van der Waals surface area contributed by atoms with E-state index in [1.54, 1.807) is 14.1 Å². The fraction of sp³-hybridized carbons (Fsp3) is 0.368. The molecule has 8 nitrogen and oxygen atoms in total. The van der Waals surface area contributed by atoms with E-state index in [1.165, 1.54) is 11.0 Å². The van der Waals surface area contributed by atoms with Gasteiger partial charge < -0.3 is 18.6 Å². The zero-order chi connectivity index (χ0) is 19.6. The second-order valence-electron chi connectivity index (χ2n) is 6.48. The Hall–Kier alpha value is -3.16. The predicted octanol–water partition coefficient (Wildman–Crippen LogP) is 2.72. The Balaban J connectivity index is 1.93. The molecule has 2 heterocycles. The normalized spacial score (nSPS) is 11.0. The van der Waals surface area contributed by atoms with E-state index in [9.17, 15) is 9.59 Å². The van der Waals surface area contributed by atoms with Gasteiger partial charge in [0.1, 0.15) is 11.3 Å². The molecule has 0 saturated heterocycles.